The molecule has 15 heavy (non-hydrogen) atoms. The van der Waals surface area contributed by atoms with Gasteiger partial charge >= 0.3 is 0 Å². The Labute approximate surface area is 94.4 Å². The summed E-state index contributed by atoms with van der Waals surface area (Å²) in [5, 5.41) is 3.41. The molecule has 0 amide bonds. The first-order chi connectivity index (χ1) is 7.43. The monoisotopic (exact) mass is 221 g/mol. The summed E-state index contributed by atoms with van der Waals surface area (Å²) in [6, 6.07) is 6.44. The molecular formula is C12H15NOS. The van der Waals surface area contributed by atoms with Crippen molar-refractivity contribution in [3.05, 3.63) is 29.3 Å². The number of hydrogen-bond donors (Lipinski definition) is 1. The predicted molar refractivity (Wildman–Crippen MR) is 63.6 cm³/mol. The molecule has 0 atom stereocenters. The zero-order valence-electron chi connectivity index (χ0n) is 8.66. The van der Waals surface area contributed by atoms with Crippen molar-refractivity contribution in [2.45, 2.75) is 19.1 Å². The minimum atomic E-state index is 0.448. The third kappa shape index (κ3) is 1.86. The van der Waals surface area contributed by atoms with Gasteiger partial charge in [-0.25, -0.2) is 0 Å². The predicted octanol–water partition coefficient (Wildman–Crippen LogP) is 1.83. The fraction of sp³-hybridized carbons (Fsp3) is 0.500. The van der Waals surface area contributed by atoms with Crippen molar-refractivity contribution < 1.29 is 4.74 Å². The van der Waals surface area contributed by atoms with E-state index >= 15 is 0 Å². The van der Waals surface area contributed by atoms with Gasteiger partial charge in [0, 0.05) is 23.6 Å². The highest BCUT2D eigenvalue weighted by Gasteiger charge is 2.22. The largest absolute Gasteiger partial charge is 0.488 e. The van der Waals surface area contributed by atoms with Crippen LogP contribution in [0.25, 0.3) is 0 Å². The zero-order valence-corrected chi connectivity index (χ0v) is 9.48. The Kier molecular flexibility index (Phi) is 2.59. The molecule has 1 saturated heterocycles. The molecule has 0 spiro atoms. The molecule has 0 saturated carbocycles. The highest BCUT2D eigenvalue weighted by molar-refractivity contribution is 8.00. The standard InChI is InChI=1S/C12H15NOS/c1-2-9-4-5-13-6-11(9)12(3-1)14-10-7-15-8-10/h1-3,10,13H,4-8H2. The van der Waals surface area contributed by atoms with Gasteiger partial charge in [-0.1, -0.05) is 12.1 Å². The first-order valence-electron chi connectivity index (χ1n) is 5.49. The van der Waals surface area contributed by atoms with Gasteiger partial charge in [0.25, 0.3) is 0 Å². The number of fused-ring (bicyclic) bond motifs is 1. The second-order valence-electron chi connectivity index (χ2n) is 4.10. The van der Waals surface area contributed by atoms with Crippen LogP contribution in [0.2, 0.25) is 0 Å². The molecule has 0 unspecified atom stereocenters. The summed E-state index contributed by atoms with van der Waals surface area (Å²) in [4.78, 5) is 0. The van der Waals surface area contributed by atoms with Crippen LogP contribution < -0.4 is 10.1 Å². The molecule has 2 aliphatic rings. The Morgan fingerprint density at radius 2 is 2.27 bits per heavy atom. The van der Waals surface area contributed by atoms with Gasteiger partial charge in [0.1, 0.15) is 11.9 Å². The Bertz CT molecular complexity index is 363. The molecule has 3 rings (SSSR count). The maximum absolute atomic E-state index is 5.99. The third-order valence-electron chi connectivity index (χ3n) is 3.00. The molecule has 1 aromatic rings. The molecule has 0 radical (unpaired) electrons. The quantitative estimate of drug-likeness (QED) is 0.823. The highest BCUT2D eigenvalue weighted by atomic mass is 32.2. The molecule has 80 valence electrons. The maximum atomic E-state index is 5.99. The number of ether oxygens (including phenoxy) is 1. The summed E-state index contributed by atoms with van der Waals surface area (Å²) >= 11 is 1.96. The lowest BCUT2D eigenvalue weighted by molar-refractivity contribution is 0.236. The van der Waals surface area contributed by atoms with E-state index in [1.807, 2.05) is 11.8 Å². The van der Waals surface area contributed by atoms with Crippen LogP contribution in [0.4, 0.5) is 0 Å². The van der Waals surface area contributed by atoms with Gasteiger partial charge in [-0.05, 0) is 24.6 Å². The van der Waals surface area contributed by atoms with Crippen molar-refractivity contribution in [1.29, 1.82) is 0 Å². The van der Waals surface area contributed by atoms with E-state index in [1.54, 1.807) is 0 Å². The van der Waals surface area contributed by atoms with Crippen molar-refractivity contribution in [3.63, 3.8) is 0 Å². The zero-order chi connectivity index (χ0) is 10.1. The van der Waals surface area contributed by atoms with Crippen LogP contribution in [-0.4, -0.2) is 24.2 Å². The SMILES string of the molecule is c1cc2c(c(OC3CSC3)c1)CNCC2. The average Bonchev–Trinajstić information content (AvgIpc) is 2.23. The number of nitrogens with one attached hydrogen (secondary N) is 1. The molecule has 1 N–H and O–H groups in total. The van der Waals surface area contributed by atoms with Gasteiger partial charge in [-0.2, -0.15) is 11.8 Å². The lowest BCUT2D eigenvalue weighted by Crippen LogP contribution is -2.32. The molecule has 1 aromatic carbocycles. The normalized spacial score (nSPS) is 20.5. The Morgan fingerprint density at radius 3 is 3.07 bits per heavy atom. The fourth-order valence-corrected chi connectivity index (χ4v) is 2.62. The molecule has 0 aliphatic carbocycles. The van der Waals surface area contributed by atoms with E-state index in [2.05, 4.69) is 23.5 Å². The Balaban J connectivity index is 1.85. The van der Waals surface area contributed by atoms with E-state index in [0.717, 1.165) is 36.8 Å². The van der Waals surface area contributed by atoms with Crippen LogP contribution in [0, 0.1) is 0 Å². The molecular weight excluding hydrogens is 206 g/mol. The number of rotatable bonds is 2. The minimum absolute atomic E-state index is 0.448. The number of thioether (sulfide) groups is 1. The van der Waals surface area contributed by atoms with E-state index in [9.17, 15) is 0 Å². The van der Waals surface area contributed by atoms with Crippen LogP contribution in [0.1, 0.15) is 11.1 Å². The van der Waals surface area contributed by atoms with E-state index in [-0.39, 0.29) is 0 Å². The number of hydrogen-bond acceptors (Lipinski definition) is 3. The molecule has 1 fully saturated rings. The van der Waals surface area contributed by atoms with Crippen LogP contribution in [0.15, 0.2) is 18.2 Å². The third-order valence-corrected chi connectivity index (χ3v) is 4.22. The van der Waals surface area contributed by atoms with Crippen LogP contribution in [0.5, 0.6) is 5.75 Å². The van der Waals surface area contributed by atoms with Gasteiger partial charge in [0.05, 0.1) is 0 Å². The maximum Gasteiger partial charge on any atom is 0.124 e. The topological polar surface area (TPSA) is 21.3 Å². The smallest absolute Gasteiger partial charge is 0.124 e. The Hall–Kier alpha value is -0.670. The summed E-state index contributed by atoms with van der Waals surface area (Å²) in [5.74, 6) is 3.40. The first kappa shape index (κ1) is 9.55. The van der Waals surface area contributed by atoms with Crippen LogP contribution >= 0.6 is 11.8 Å². The van der Waals surface area contributed by atoms with Crippen LogP contribution in [-0.2, 0) is 13.0 Å². The van der Waals surface area contributed by atoms with Gasteiger partial charge in [0.2, 0.25) is 0 Å². The average molecular weight is 221 g/mol. The van der Waals surface area contributed by atoms with Crippen molar-refractivity contribution >= 4 is 11.8 Å². The Morgan fingerprint density at radius 1 is 1.33 bits per heavy atom. The highest BCUT2D eigenvalue weighted by Crippen LogP contribution is 2.29. The van der Waals surface area contributed by atoms with E-state index in [0.29, 0.717) is 6.10 Å². The molecule has 2 heterocycles. The summed E-state index contributed by atoms with van der Waals surface area (Å²) in [6.07, 6.45) is 1.58. The van der Waals surface area contributed by atoms with Gasteiger partial charge in [0.15, 0.2) is 0 Å². The van der Waals surface area contributed by atoms with Crippen molar-refractivity contribution in [1.82, 2.24) is 5.32 Å². The lowest BCUT2D eigenvalue weighted by Gasteiger charge is -2.28. The second kappa shape index (κ2) is 4.06. The summed E-state index contributed by atoms with van der Waals surface area (Å²) in [6.45, 7) is 2.06. The van der Waals surface area contributed by atoms with Crippen molar-refractivity contribution in [3.8, 4) is 5.75 Å². The fourth-order valence-electron chi connectivity index (χ4n) is 2.05. The summed E-state index contributed by atoms with van der Waals surface area (Å²) < 4.78 is 5.99. The second-order valence-corrected chi connectivity index (χ2v) is 5.17. The molecule has 2 aliphatic heterocycles. The van der Waals surface area contributed by atoms with Crippen LogP contribution in [0.3, 0.4) is 0 Å². The van der Waals surface area contributed by atoms with Crippen molar-refractivity contribution in [2.24, 2.45) is 0 Å². The molecule has 0 aromatic heterocycles. The number of benzene rings is 1. The van der Waals surface area contributed by atoms with Gasteiger partial charge < -0.3 is 10.1 Å². The lowest BCUT2D eigenvalue weighted by atomic mass is 10.0. The van der Waals surface area contributed by atoms with Gasteiger partial charge in [-0.15, -0.1) is 0 Å². The summed E-state index contributed by atoms with van der Waals surface area (Å²) in [5.41, 5.74) is 2.83. The van der Waals surface area contributed by atoms with E-state index in [1.165, 1.54) is 11.1 Å². The van der Waals surface area contributed by atoms with E-state index in [4.69, 9.17) is 4.74 Å². The van der Waals surface area contributed by atoms with Crippen molar-refractivity contribution in [2.75, 3.05) is 18.1 Å². The molecule has 2 nitrogen and oxygen atoms in total. The first-order valence-corrected chi connectivity index (χ1v) is 6.65. The molecule has 3 heteroatoms. The molecule has 0 bridgehead atoms. The van der Waals surface area contributed by atoms with E-state index < -0.39 is 0 Å². The summed E-state index contributed by atoms with van der Waals surface area (Å²) in [7, 11) is 0. The van der Waals surface area contributed by atoms with Gasteiger partial charge in [-0.3, -0.25) is 0 Å². The minimum Gasteiger partial charge on any atom is -0.488 e.